The highest BCUT2D eigenvalue weighted by atomic mass is 16.6. The summed E-state index contributed by atoms with van der Waals surface area (Å²) in [5.41, 5.74) is 3.05. The van der Waals surface area contributed by atoms with Crippen LogP contribution in [0.4, 0.5) is 5.69 Å². The monoisotopic (exact) mass is 358 g/mol. The maximum absolute atomic E-state index is 12.3. The average Bonchev–Trinajstić information content (AvgIpc) is 2.68. The topological polar surface area (TPSA) is 93.2 Å². The molecule has 0 aromatic heterocycles. The number of nitro groups is 1. The highest BCUT2D eigenvalue weighted by Crippen LogP contribution is 2.24. The first-order chi connectivity index (χ1) is 13.0. The molecule has 0 bridgehead atoms. The van der Waals surface area contributed by atoms with Crippen LogP contribution in [-0.4, -0.2) is 10.9 Å². The van der Waals surface area contributed by atoms with Crippen LogP contribution in [-0.2, 0) is 0 Å². The van der Waals surface area contributed by atoms with E-state index in [0.29, 0.717) is 16.9 Å². The van der Waals surface area contributed by atoms with Crippen LogP contribution in [0.15, 0.2) is 66.7 Å². The Labute approximate surface area is 155 Å². The van der Waals surface area contributed by atoms with Crippen molar-refractivity contribution in [1.29, 1.82) is 5.26 Å². The molecule has 0 N–H and O–H groups in total. The van der Waals surface area contributed by atoms with Crippen LogP contribution >= 0.6 is 0 Å². The molecule has 132 valence electrons. The number of benzene rings is 3. The molecule has 0 radical (unpaired) electrons. The maximum Gasteiger partial charge on any atom is 0.343 e. The van der Waals surface area contributed by atoms with Crippen LogP contribution < -0.4 is 4.74 Å². The van der Waals surface area contributed by atoms with Crippen molar-refractivity contribution < 1.29 is 14.5 Å². The minimum absolute atomic E-state index is 0.0432. The first-order valence-corrected chi connectivity index (χ1v) is 8.06. The summed E-state index contributed by atoms with van der Waals surface area (Å²) in [6.07, 6.45) is 0. The highest BCUT2D eigenvalue weighted by Gasteiger charge is 2.15. The second-order valence-corrected chi connectivity index (χ2v) is 5.86. The summed E-state index contributed by atoms with van der Waals surface area (Å²) in [6, 6.07) is 20.3. The molecule has 0 unspecified atom stereocenters. The van der Waals surface area contributed by atoms with Crippen LogP contribution in [0, 0.1) is 28.4 Å². The fraction of sp³-hybridized carbons (Fsp3) is 0.0476. The van der Waals surface area contributed by atoms with Gasteiger partial charge in [-0.15, -0.1) is 0 Å². The molecule has 0 saturated carbocycles. The molecule has 0 heterocycles. The largest absolute Gasteiger partial charge is 0.423 e. The molecule has 3 aromatic carbocycles. The lowest BCUT2D eigenvalue weighted by atomic mass is 10.0. The number of hydrogen-bond donors (Lipinski definition) is 0. The van der Waals surface area contributed by atoms with Gasteiger partial charge in [-0.25, -0.2) is 4.79 Å². The second-order valence-electron chi connectivity index (χ2n) is 5.86. The van der Waals surface area contributed by atoms with Gasteiger partial charge in [0.1, 0.15) is 5.75 Å². The molecule has 6 nitrogen and oxygen atoms in total. The molecular weight excluding hydrogens is 344 g/mol. The number of carbonyl (C=O) groups is 1. The van der Waals surface area contributed by atoms with Gasteiger partial charge >= 0.3 is 5.97 Å². The zero-order valence-electron chi connectivity index (χ0n) is 14.4. The van der Waals surface area contributed by atoms with Crippen molar-refractivity contribution in [1.82, 2.24) is 0 Å². The van der Waals surface area contributed by atoms with Crippen LogP contribution in [0.5, 0.6) is 5.75 Å². The summed E-state index contributed by atoms with van der Waals surface area (Å²) in [5, 5.41) is 19.7. The molecule has 0 aliphatic rings. The summed E-state index contributed by atoms with van der Waals surface area (Å²) in [7, 11) is 0. The Kier molecular flexibility index (Phi) is 4.95. The van der Waals surface area contributed by atoms with E-state index in [0.717, 1.165) is 11.1 Å². The van der Waals surface area contributed by atoms with Crippen LogP contribution in [0.1, 0.15) is 21.5 Å². The Bertz CT molecular complexity index is 1050. The number of esters is 1. The summed E-state index contributed by atoms with van der Waals surface area (Å²) < 4.78 is 5.33. The molecule has 0 aliphatic carbocycles. The molecule has 3 rings (SSSR count). The third kappa shape index (κ3) is 3.99. The van der Waals surface area contributed by atoms with Crippen molar-refractivity contribution in [3.8, 4) is 22.9 Å². The first-order valence-electron chi connectivity index (χ1n) is 8.06. The summed E-state index contributed by atoms with van der Waals surface area (Å²) in [5.74, 6) is -0.215. The predicted octanol–water partition coefficient (Wildman–Crippen LogP) is 4.66. The minimum Gasteiger partial charge on any atom is -0.423 e. The van der Waals surface area contributed by atoms with E-state index in [2.05, 4.69) is 6.07 Å². The Hall–Kier alpha value is -3.98. The number of carbonyl (C=O) groups excluding carboxylic acids is 1. The number of nitro benzene ring substituents is 1. The van der Waals surface area contributed by atoms with E-state index in [-0.39, 0.29) is 11.3 Å². The number of ether oxygens (including phenoxy) is 1. The summed E-state index contributed by atoms with van der Waals surface area (Å²) >= 11 is 0. The Morgan fingerprint density at radius 3 is 2.11 bits per heavy atom. The molecule has 6 heteroatoms. The first kappa shape index (κ1) is 17.8. The number of nitriles is 1. The van der Waals surface area contributed by atoms with E-state index >= 15 is 0 Å². The zero-order valence-corrected chi connectivity index (χ0v) is 14.4. The summed E-state index contributed by atoms with van der Waals surface area (Å²) in [6.45, 7) is 1.57. The van der Waals surface area contributed by atoms with Crippen molar-refractivity contribution in [2.24, 2.45) is 0 Å². The fourth-order valence-corrected chi connectivity index (χ4v) is 2.61. The molecule has 0 aliphatic heterocycles. The summed E-state index contributed by atoms with van der Waals surface area (Å²) in [4.78, 5) is 22.6. The van der Waals surface area contributed by atoms with Crippen molar-refractivity contribution in [3.05, 3.63) is 93.5 Å². The number of aryl methyl sites for hydroxylation is 1. The van der Waals surface area contributed by atoms with Gasteiger partial charge in [-0.05, 0) is 54.4 Å². The van der Waals surface area contributed by atoms with Gasteiger partial charge in [0.15, 0.2) is 0 Å². The fourth-order valence-electron chi connectivity index (χ4n) is 2.61. The van der Waals surface area contributed by atoms with E-state index in [1.807, 2.05) is 24.3 Å². The van der Waals surface area contributed by atoms with Gasteiger partial charge in [0.25, 0.3) is 5.69 Å². The maximum atomic E-state index is 12.3. The Balaban J connectivity index is 1.74. The zero-order chi connectivity index (χ0) is 19.4. The van der Waals surface area contributed by atoms with Gasteiger partial charge < -0.3 is 4.74 Å². The number of hydrogen-bond acceptors (Lipinski definition) is 5. The SMILES string of the molecule is Cc1cc(C(=O)Oc2ccc(-c3ccc(C#N)cc3)cc2)ccc1[N+](=O)[O-]. The molecule has 3 aromatic rings. The van der Waals surface area contributed by atoms with Crippen molar-refractivity contribution in [2.75, 3.05) is 0 Å². The van der Waals surface area contributed by atoms with E-state index in [1.165, 1.54) is 18.2 Å². The lowest BCUT2D eigenvalue weighted by molar-refractivity contribution is -0.385. The highest BCUT2D eigenvalue weighted by molar-refractivity contribution is 5.91. The second kappa shape index (κ2) is 7.50. The normalized spacial score (nSPS) is 10.1. The van der Waals surface area contributed by atoms with Crippen LogP contribution in [0.25, 0.3) is 11.1 Å². The quantitative estimate of drug-likeness (QED) is 0.293. The van der Waals surface area contributed by atoms with Gasteiger partial charge in [0.2, 0.25) is 0 Å². The van der Waals surface area contributed by atoms with Gasteiger partial charge in [-0.2, -0.15) is 5.26 Å². The van der Waals surface area contributed by atoms with E-state index in [4.69, 9.17) is 10.00 Å². The molecule has 0 spiro atoms. The average molecular weight is 358 g/mol. The van der Waals surface area contributed by atoms with E-state index in [1.54, 1.807) is 31.2 Å². The van der Waals surface area contributed by atoms with Gasteiger partial charge in [-0.3, -0.25) is 10.1 Å². The smallest absolute Gasteiger partial charge is 0.343 e. The molecule has 0 fully saturated rings. The minimum atomic E-state index is -0.584. The molecular formula is C21H14N2O4. The molecule has 0 amide bonds. The Morgan fingerprint density at radius 1 is 1.00 bits per heavy atom. The lowest BCUT2D eigenvalue weighted by Gasteiger charge is -2.07. The van der Waals surface area contributed by atoms with Gasteiger partial charge in [-0.1, -0.05) is 24.3 Å². The lowest BCUT2D eigenvalue weighted by Crippen LogP contribution is -2.09. The van der Waals surface area contributed by atoms with Crippen molar-refractivity contribution >= 4 is 11.7 Å². The van der Waals surface area contributed by atoms with E-state index in [9.17, 15) is 14.9 Å². The number of nitrogens with zero attached hydrogens (tertiary/aromatic N) is 2. The van der Waals surface area contributed by atoms with Crippen LogP contribution in [0.3, 0.4) is 0 Å². The number of rotatable bonds is 4. The molecule has 0 saturated heterocycles. The third-order valence-corrected chi connectivity index (χ3v) is 4.04. The van der Waals surface area contributed by atoms with Crippen molar-refractivity contribution in [2.45, 2.75) is 6.92 Å². The molecule has 0 atom stereocenters. The third-order valence-electron chi connectivity index (χ3n) is 4.04. The molecule has 27 heavy (non-hydrogen) atoms. The van der Waals surface area contributed by atoms with Crippen molar-refractivity contribution in [3.63, 3.8) is 0 Å². The van der Waals surface area contributed by atoms with E-state index < -0.39 is 10.9 Å². The standard InChI is InChI=1S/C21H14N2O4/c1-14-12-18(8-11-20(14)23(25)26)21(24)27-19-9-6-17(7-10-19)16-4-2-15(13-22)3-5-16/h2-12H,1H3. The Morgan fingerprint density at radius 2 is 1.59 bits per heavy atom. The van der Waals surface area contributed by atoms with Crippen LogP contribution in [0.2, 0.25) is 0 Å². The van der Waals surface area contributed by atoms with Gasteiger partial charge in [0.05, 0.1) is 22.1 Å². The van der Waals surface area contributed by atoms with Gasteiger partial charge in [0, 0.05) is 11.6 Å². The predicted molar refractivity (Wildman–Crippen MR) is 99.4 cm³/mol.